The Balaban J connectivity index is 1.33. The number of hydrogen-bond acceptors (Lipinski definition) is 9. The summed E-state index contributed by atoms with van der Waals surface area (Å²) >= 11 is 0. The highest BCUT2D eigenvalue weighted by Gasteiger charge is 2.72. The van der Waals surface area contributed by atoms with Crippen molar-refractivity contribution in [3.8, 4) is 0 Å². The van der Waals surface area contributed by atoms with Crippen LogP contribution in [0.5, 0.6) is 0 Å². The Labute approximate surface area is 270 Å². The second kappa shape index (κ2) is 12.4. The first-order valence-electron chi connectivity index (χ1n) is 15.9. The first-order valence-corrected chi connectivity index (χ1v) is 15.9. The topological polar surface area (TPSA) is 156 Å². The fraction of sp³-hybridized carbons (Fsp3) is 0.412. The summed E-state index contributed by atoms with van der Waals surface area (Å²) in [5.74, 6) is -3.94. The van der Waals surface area contributed by atoms with Gasteiger partial charge >= 0.3 is 5.97 Å². The third-order valence-electron chi connectivity index (χ3n) is 9.47. The van der Waals surface area contributed by atoms with E-state index in [1.165, 1.54) is 4.90 Å². The third-order valence-corrected chi connectivity index (χ3v) is 9.47. The number of carbonyl (C=O) groups is 4. The quantitative estimate of drug-likeness (QED) is 0.312. The maximum atomic E-state index is 14.8. The zero-order chi connectivity index (χ0) is 32.7. The Morgan fingerprint density at radius 3 is 2.64 bits per heavy atom. The highest BCUT2D eigenvalue weighted by Crippen LogP contribution is 2.55. The number of carbonyl (C=O) groups excluding carboxylic acids is 4. The summed E-state index contributed by atoms with van der Waals surface area (Å²) in [5.41, 5.74) is 0.498. The van der Waals surface area contributed by atoms with Gasteiger partial charge in [0, 0.05) is 13.0 Å². The number of rotatable bonds is 5. The molecule has 7 rings (SSSR count). The van der Waals surface area contributed by atoms with Crippen LogP contribution >= 0.6 is 0 Å². The minimum absolute atomic E-state index is 0.0471. The van der Waals surface area contributed by atoms with Crippen molar-refractivity contribution < 1.29 is 33.8 Å². The van der Waals surface area contributed by atoms with Crippen molar-refractivity contribution in [2.75, 3.05) is 19.7 Å². The second-order valence-electron chi connectivity index (χ2n) is 12.4. The van der Waals surface area contributed by atoms with E-state index < -0.39 is 66.1 Å². The standard InChI is InChI=1S/C34H36N6O7/c1-21-18-35-27(42)15-8-7-14-26-28(33(45)46-21)29-31(43)40(25(19-41)22-10-3-2-4-11-22)30-32(44)38(17-9-16-34(29,30)47-26)20-39-24-13-6-5-12-23(24)36-37-39/h2-7,9-14,16,21,25-26,28-30,41H,8,15,17-20H2,1H3,(H,35,42)/b14-7-/t21-,25+,26-,28+,29+,30-,34+/m0/s1. The SMILES string of the molecule is C[C@H]1CNC(=O)CC/C=C\[C@@H]2O[C@@]34C=CCN(Cn5nnc6ccccc65)C(=O)[C@@H]3N([C@H](CO)c3ccccc3)C(=O)[C@H]4[C@@H]2C(=O)O1. The van der Waals surface area contributed by atoms with Gasteiger partial charge in [0.1, 0.15) is 35.9 Å². The van der Waals surface area contributed by atoms with E-state index in [2.05, 4.69) is 15.6 Å². The molecule has 244 valence electrons. The van der Waals surface area contributed by atoms with E-state index in [4.69, 9.17) is 9.47 Å². The Kier molecular flexibility index (Phi) is 8.10. The number of fused-ring (bicyclic) bond motifs is 3. The summed E-state index contributed by atoms with van der Waals surface area (Å²) in [6, 6.07) is 14.3. The van der Waals surface area contributed by atoms with E-state index >= 15 is 0 Å². The van der Waals surface area contributed by atoms with Gasteiger partial charge in [-0.2, -0.15) is 0 Å². The van der Waals surface area contributed by atoms with Crippen LogP contribution < -0.4 is 5.32 Å². The number of esters is 1. The van der Waals surface area contributed by atoms with Gasteiger partial charge < -0.3 is 29.7 Å². The maximum Gasteiger partial charge on any atom is 0.313 e. The molecule has 0 radical (unpaired) electrons. The molecule has 13 nitrogen and oxygen atoms in total. The number of amides is 3. The number of aromatic nitrogens is 3. The molecule has 4 aliphatic heterocycles. The maximum absolute atomic E-state index is 14.8. The van der Waals surface area contributed by atoms with Gasteiger partial charge in [-0.3, -0.25) is 19.2 Å². The van der Waals surface area contributed by atoms with Crippen LogP contribution in [0.1, 0.15) is 31.4 Å². The van der Waals surface area contributed by atoms with Crippen LogP contribution in [-0.4, -0.2) is 97.1 Å². The largest absolute Gasteiger partial charge is 0.460 e. The van der Waals surface area contributed by atoms with Crippen LogP contribution in [0, 0.1) is 11.8 Å². The Bertz CT molecular complexity index is 1760. The molecule has 7 atom stereocenters. The molecule has 3 amide bonds. The van der Waals surface area contributed by atoms with Gasteiger partial charge in [0.2, 0.25) is 11.8 Å². The van der Waals surface area contributed by atoms with Crippen LogP contribution in [0.2, 0.25) is 0 Å². The zero-order valence-electron chi connectivity index (χ0n) is 25.8. The molecule has 4 aliphatic rings. The highest BCUT2D eigenvalue weighted by atomic mass is 16.6. The molecule has 2 fully saturated rings. The van der Waals surface area contributed by atoms with Gasteiger partial charge in [0.25, 0.3) is 5.91 Å². The molecule has 0 unspecified atom stereocenters. The third kappa shape index (κ3) is 5.28. The normalized spacial score (nSPS) is 30.8. The molecule has 2 saturated heterocycles. The summed E-state index contributed by atoms with van der Waals surface area (Å²) in [6.07, 6.45) is 6.04. The lowest BCUT2D eigenvalue weighted by molar-refractivity contribution is -0.160. The number of nitrogens with one attached hydrogen (secondary N) is 1. The molecule has 47 heavy (non-hydrogen) atoms. The summed E-state index contributed by atoms with van der Waals surface area (Å²) in [4.78, 5) is 58.8. The lowest BCUT2D eigenvalue weighted by Gasteiger charge is -2.38. The van der Waals surface area contributed by atoms with Gasteiger partial charge in [-0.05, 0) is 31.0 Å². The minimum atomic E-state index is -1.55. The lowest BCUT2D eigenvalue weighted by atomic mass is 9.78. The molecule has 1 aromatic heterocycles. The number of aliphatic hydroxyl groups is 1. The lowest BCUT2D eigenvalue weighted by Crippen LogP contribution is -2.56. The molecular formula is C34H36N6O7. The van der Waals surface area contributed by atoms with E-state index in [1.807, 2.05) is 30.3 Å². The van der Waals surface area contributed by atoms with Crippen molar-refractivity contribution in [3.05, 3.63) is 84.5 Å². The molecule has 2 N–H and O–H groups in total. The molecule has 0 aliphatic carbocycles. The molecule has 5 heterocycles. The second-order valence-corrected chi connectivity index (χ2v) is 12.4. The van der Waals surface area contributed by atoms with Crippen molar-refractivity contribution in [2.45, 2.75) is 56.3 Å². The summed E-state index contributed by atoms with van der Waals surface area (Å²) in [6.45, 7) is 1.55. The fourth-order valence-electron chi connectivity index (χ4n) is 7.32. The summed E-state index contributed by atoms with van der Waals surface area (Å²) in [7, 11) is 0. The number of cyclic esters (lactones) is 1. The van der Waals surface area contributed by atoms with Crippen LogP contribution in [0.4, 0.5) is 0 Å². The van der Waals surface area contributed by atoms with Crippen molar-refractivity contribution in [1.82, 2.24) is 30.1 Å². The van der Waals surface area contributed by atoms with Crippen LogP contribution in [0.3, 0.4) is 0 Å². The number of aliphatic hydroxyl groups excluding tert-OH is 1. The van der Waals surface area contributed by atoms with E-state index in [9.17, 15) is 24.3 Å². The van der Waals surface area contributed by atoms with Gasteiger partial charge in [-0.15, -0.1) is 5.10 Å². The predicted octanol–water partition coefficient (Wildman–Crippen LogP) is 1.50. The van der Waals surface area contributed by atoms with Crippen molar-refractivity contribution in [2.24, 2.45) is 11.8 Å². The first kappa shape index (κ1) is 30.8. The van der Waals surface area contributed by atoms with Gasteiger partial charge in [-0.1, -0.05) is 72.0 Å². The number of ether oxygens (including phenoxy) is 2. The van der Waals surface area contributed by atoms with E-state index in [0.29, 0.717) is 17.5 Å². The minimum Gasteiger partial charge on any atom is -0.460 e. The average molecular weight is 641 g/mol. The number of allylic oxidation sites excluding steroid dienone is 1. The molecular weight excluding hydrogens is 604 g/mol. The number of hydrogen-bond donors (Lipinski definition) is 2. The molecule has 13 heteroatoms. The number of para-hydroxylation sites is 1. The summed E-state index contributed by atoms with van der Waals surface area (Å²) < 4.78 is 14.2. The van der Waals surface area contributed by atoms with Crippen molar-refractivity contribution in [1.29, 1.82) is 0 Å². The Hall–Kier alpha value is -4.88. The van der Waals surface area contributed by atoms with Crippen LogP contribution in [0.25, 0.3) is 11.0 Å². The van der Waals surface area contributed by atoms with Gasteiger partial charge in [0.15, 0.2) is 0 Å². The van der Waals surface area contributed by atoms with Crippen LogP contribution in [0.15, 0.2) is 78.9 Å². The van der Waals surface area contributed by atoms with Gasteiger partial charge in [0.05, 0.1) is 36.7 Å². The number of likely N-dealkylation sites (tertiary alicyclic amines) is 1. The number of benzene rings is 2. The monoisotopic (exact) mass is 640 g/mol. The molecule has 3 aromatic rings. The Morgan fingerprint density at radius 2 is 1.83 bits per heavy atom. The smallest absolute Gasteiger partial charge is 0.313 e. The highest BCUT2D eigenvalue weighted by molar-refractivity contribution is 5.99. The Morgan fingerprint density at radius 1 is 1.04 bits per heavy atom. The zero-order valence-corrected chi connectivity index (χ0v) is 25.8. The van der Waals surface area contributed by atoms with Crippen LogP contribution in [-0.2, 0) is 35.3 Å². The first-order chi connectivity index (χ1) is 22.8. The van der Waals surface area contributed by atoms with Crippen molar-refractivity contribution in [3.63, 3.8) is 0 Å². The average Bonchev–Trinajstić information content (AvgIpc) is 3.67. The molecule has 0 bridgehead atoms. The molecule has 1 spiro atoms. The molecule has 0 saturated carbocycles. The van der Waals surface area contributed by atoms with E-state index in [-0.39, 0.29) is 32.1 Å². The fourth-order valence-corrected chi connectivity index (χ4v) is 7.32. The van der Waals surface area contributed by atoms with Gasteiger partial charge in [-0.25, -0.2) is 4.68 Å². The predicted molar refractivity (Wildman–Crippen MR) is 167 cm³/mol. The van der Waals surface area contributed by atoms with E-state index in [1.54, 1.807) is 65.1 Å². The van der Waals surface area contributed by atoms with E-state index in [0.717, 1.165) is 5.52 Å². The van der Waals surface area contributed by atoms with Crippen molar-refractivity contribution >= 4 is 34.7 Å². The number of nitrogens with zero attached hydrogens (tertiary/aromatic N) is 5. The summed E-state index contributed by atoms with van der Waals surface area (Å²) in [5, 5.41) is 22.0. The molecule has 2 aromatic carbocycles.